The van der Waals surface area contributed by atoms with E-state index in [-0.39, 0.29) is 24.1 Å². The van der Waals surface area contributed by atoms with Gasteiger partial charge in [0.15, 0.2) is 0 Å². The summed E-state index contributed by atoms with van der Waals surface area (Å²) in [6.45, 7) is 1.30. The van der Waals surface area contributed by atoms with E-state index >= 15 is 0 Å². The number of nitrogens with one attached hydrogen (secondary N) is 2. The molecule has 2 rings (SSSR count). The minimum absolute atomic E-state index is 0.0477. The summed E-state index contributed by atoms with van der Waals surface area (Å²) in [5.74, 6) is -1.05. The number of carbonyl (C=O) groups excluding carboxylic acids is 2. The number of hydrogen-bond donors (Lipinski definition) is 2. The maximum absolute atomic E-state index is 13.1. The highest BCUT2D eigenvalue weighted by Gasteiger charge is 2.09. The van der Waals surface area contributed by atoms with Gasteiger partial charge in [-0.05, 0) is 12.1 Å². The molecule has 0 aliphatic heterocycles. The first-order valence-electron chi connectivity index (χ1n) is 5.80. The van der Waals surface area contributed by atoms with Gasteiger partial charge in [-0.2, -0.15) is 0 Å². The van der Waals surface area contributed by atoms with Crippen molar-refractivity contribution in [2.45, 2.75) is 13.3 Å². The molecule has 20 heavy (non-hydrogen) atoms. The smallest absolute Gasteiger partial charge is 0.244 e. The van der Waals surface area contributed by atoms with E-state index in [1.807, 2.05) is 0 Å². The fraction of sp³-hybridized carbons (Fsp3) is 0.154. The minimum atomic E-state index is -0.365. The maximum Gasteiger partial charge on any atom is 0.244 e. The van der Waals surface area contributed by atoms with Gasteiger partial charge in [-0.25, -0.2) is 9.37 Å². The molecule has 5 nitrogen and oxygen atoms in total. The molecule has 0 radical (unpaired) electrons. The molecular formula is C13H12FN3O2S. The van der Waals surface area contributed by atoms with Crippen LogP contribution in [0.15, 0.2) is 29.6 Å². The molecule has 2 N–H and O–H groups in total. The van der Waals surface area contributed by atoms with Gasteiger partial charge in [0.05, 0.1) is 12.1 Å². The highest BCUT2D eigenvalue weighted by Crippen LogP contribution is 2.24. The molecule has 0 saturated heterocycles. The van der Waals surface area contributed by atoms with Crippen LogP contribution in [0.2, 0.25) is 0 Å². The van der Waals surface area contributed by atoms with E-state index < -0.39 is 0 Å². The number of rotatable bonds is 3. The Hall–Kier alpha value is -2.28. The zero-order valence-electron chi connectivity index (χ0n) is 10.6. The molecule has 0 spiro atoms. The number of thiazole rings is 1. The average molecular weight is 293 g/mol. The molecule has 0 unspecified atom stereocenters. The number of aromatic nitrogens is 1. The molecule has 2 aromatic rings. The van der Waals surface area contributed by atoms with Crippen LogP contribution in [-0.4, -0.2) is 16.8 Å². The van der Waals surface area contributed by atoms with Crippen molar-refractivity contribution in [2.75, 3.05) is 0 Å². The molecule has 1 aromatic heterocycles. The lowest BCUT2D eigenvalue weighted by Gasteiger charge is -2.02. The average Bonchev–Trinajstić information content (AvgIpc) is 2.85. The predicted octanol–water partition coefficient (Wildman–Crippen LogP) is 1.66. The van der Waals surface area contributed by atoms with Gasteiger partial charge in [0, 0.05) is 17.9 Å². The first kappa shape index (κ1) is 14.1. The van der Waals surface area contributed by atoms with Crippen molar-refractivity contribution in [2.24, 2.45) is 0 Å². The molecule has 1 aromatic carbocycles. The molecule has 0 saturated carbocycles. The number of halogens is 1. The Bertz CT molecular complexity index is 642. The fourth-order valence-electron chi connectivity index (χ4n) is 1.51. The third kappa shape index (κ3) is 3.86. The lowest BCUT2D eigenvalue weighted by atomic mass is 10.2. The van der Waals surface area contributed by atoms with Gasteiger partial charge in [0.1, 0.15) is 10.8 Å². The number of benzene rings is 1. The van der Waals surface area contributed by atoms with Crippen molar-refractivity contribution in [3.05, 3.63) is 41.2 Å². The van der Waals surface area contributed by atoms with E-state index in [1.165, 1.54) is 30.4 Å². The third-order valence-corrected chi connectivity index (χ3v) is 3.28. The second-order valence-electron chi connectivity index (χ2n) is 4.06. The van der Waals surface area contributed by atoms with Crippen LogP contribution in [0.25, 0.3) is 10.6 Å². The van der Waals surface area contributed by atoms with Gasteiger partial charge in [0.2, 0.25) is 11.8 Å². The minimum Gasteiger partial charge on any atom is -0.274 e. The topological polar surface area (TPSA) is 71.1 Å². The van der Waals surface area contributed by atoms with Gasteiger partial charge >= 0.3 is 0 Å². The van der Waals surface area contributed by atoms with Crippen molar-refractivity contribution >= 4 is 23.2 Å². The Morgan fingerprint density at radius 2 is 2.15 bits per heavy atom. The summed E-state index contributed by atoms with van der Waals surface area (Å²) >= 11 is 1.33. The van der Waals surface area contributed by atoms with Crippen molar-refractivity contribution in [1.29, 1.82) is 0 Å². The van der Waals surface area contributed by atoms with Crippen molar-refractivity contribution < 1.29 is 14.0 Å². The molecule has 2 amide bonds. The van der Waals surface area contributed by atoms with Crippen molar-refractivity contribution in [1.82, 2.24) is 15.8 Å². The zero-order chi connectivity index (χ0) is 14.5. The van der Waals surface area contributed by atoms with Crippen molar-refractivity contribution in [3.8, 4) is 10.6 Å². The molecule has 0 atom stereocenters. The Labute approximate surface area is 118 Å². The summed E-state index contributed by atoms with van der Waals surface area (Å²) in [4.78, 5) is 26.4. The van der Waals surface area contributed by atoms with Crippen LogP contribution in [0.1, 0.15) is 12.6 Å². The lowest BCUT2D eigenvalue weighted by Crippen LogP contribution is -2.41. The van der Waals surface area contributed by atoms with Crippen molar-refractivity contribution in [3.63, 3.8) is 0 Å². The highest BCUT2D eigenvalue weighted by atomic mass is 32.1. The van der Waals surface area contributed by atoms with Crippen LogP contribution in [0.3, 0.4) is 0 Å². The normalized spacial score (nSPS) is 10.1. The predicted molar refractivity (Wildman–Crippen MR) is 73.2 cm³/mol. The summed E-state index contributed by atoms with van der Waals surface area (Å²) in [5, 5.41) is 2.37. The van der Waals surface area contributed by atoms with Gasteiger partial charge in [-0.3, -0.25) is 20.4 Å². The van der Waals surface area contributed by atoms with Crippen LogP contribution in [0, 0.1) is 5.82 Å². The molecule has 0 fully saturated rings. The van der Waals surface area contributed by atoms with E-state index in [2.05, 4.69) is 15.8 Å². The standard InChI is InChI=1S/C13H12FN3O2S/c1-8(18)16-17-12(19)6-11-7-20-13(15-11)9-3-2-4-10(14)5-9/h2-5,7H,6H2,1H3,(H,16,18)(H,17,19). The van der Waals surface area contributed by atoms with Gasteiger partial charge in [-0.15, -0.1) is 11.3 Å². The monoisotopic (exact) mass is 293 g/mol. The van der Waals surface area contributed by atoms with Crippen LogP contribution < -0.4 is 10.9 Å². The largest absolute Gasteiger partial charge is 0.274 e. The maximum atomic E-state index is 13.1. The van der Waals surface area contributed by atoms with Gasteiger partial charge in [-0.1, -0.05) is 12.1 Å². The molecule has 7 heteroatoms. The molecule has 0 bridgehead atoms. The quantitative estimate of drug-likeness (QED) is 0.845. The first-order valence-corrected chi connectivity index (χ1v) is 6.68. The van der Waals surface area contributed by atoms with Crippen LogP contribution in [-0.2, 0) is 16.0 Å². The zero-order valence-corrected chi connectivity index (χ0v) is 11.5. The van der Waals surface area contributed by atoms with E-state index in [0.717, 1.165) is 0 Å². The Balaban J connectivity index is 2.02. The third-order valence-electron chi connectivity index (χ3n) is 2.34. The van der Waals surface area contributed by atoms with E-state index in [0.29, 0.717) is 16.3 Å². The molecule has 104 valence electrons. The number of hydrazine groups is 1. The number of hydrogen-bond acceptors (Lipinski definition) is 4. The summed E-state index contributed by atoms with van der Waals surface area (Å²) in [6.07, 6.45) is 0.0477. The second-order valence-corrected chi connectivity index (χ2v) is 4.92. The Kier molecular flexibility index (Phi) is 4.41. The molecule has 0 aliphatic rings. The number of nitrogens with zero attached hydrogens (tertiary/aromatic N) is 1. The SMILES string of the molecule is CC(=O)NNC(=O)Cc1csc(-c2cccc(F)c2)n1. The number of carbonyl (C=O) groups is 2. The molecular weight excluding hydrogens is 281 g/mol. The Morgan fingerprint density at radius 3 is 2.85 bits per heavy atom. The van der Waals surface area contributed by atoms with E-state index in [4.69, 9.17) is 0 Å². The van der Waals surface area contributed by atoms with E-state index in [9.17, 15) is 14.0 Å². The summed E-state index contributed by atoms with van der Waals surface area (Å²) in [7, 11) is 0. The van der Waals surface area contributed by atoms with Crippen LogP contribution >= 0.6 is 11.3 Å². The summed E-state index contributed by atoms with van der Waals surface area (Å²) < 4.78 is 13.1. The fourth-order valence-corrected chi connectivity index (χ4v) is 2.33. The molecule has 1 heterocycles. The van der Waals surface area contributed by atoms with Crippen LogP contribution in [0.5, 0.6) is 0 Å². The van der Waals surface area contributed by atoms with Gasteiger partial charge in [0.25, 0.3) is 0 Å². The second kappa shape index (κ2) is 6.25. The van der Waals surface area contributed by atoms with Gasteiger partial charge < -0.3 is 0 Å². The molecule has 0 aliphatic carbocycles. The first-order chi connectivity index (χ1) is 9.54. The highest BCUT2D eigenvalue weighted by molar-refractivity contribution is 7.13. The van der Waals surface area contributed by atoms with Crippen LogP contribution in [0.4, 0.5) is 4.39 Å². The van der Waals surface area contributed by atoms with E-state index in [1.54, 1.807) is 17.5 Å². The summed E-state index contributed by atoms with van der Waals surface area (Å²) in [6, 6.07) is 6.11. The number of amides is 2. The summed E-state index contributed by atoms with van der Waals surface area (Å²) in [5.41, 5.74) is 5.69. The Morgan fingerprint density at radius 1 is 1.35 bits per heavy atom. The lowest BCUT2D eigenvalue weighted by molar-refractivity contribution is -0.127.